The second-order valence-electron chi connectivity index (χ2n) is 3.86. The molecule has 0 saturated heterocycles. The largest absolute Gasteiger partial charge is 0.102 e. The molecule has 0 amide bonds. The fraction of sp³-hybridized carbons (Fsp3) is 0.750. The second-order valence-corrected chi connectivity index (χ2v) is 3.86. The van der Waals surface area contributed by atoms with Crippen LogP contribution in [-0.4, -0.2) is 0 Å². The minimum atomic E-state index is 0.885. The van der Waals surface area contributed by atoms with Crippen molar-refractivity contribution >= 4 is 0 Å². The molecule has 0 N–H and O–H groups in total. The van der Waals surface area contributed by atoms with Crippen LogP contribution in [0.25, 0.3) is 0 Å². The fourth-order valence-corrected chi connectivity index (χ4v) is 2.16. The van der Waals surface area contributed by atoms with E-state index in [9.17, 15) is 0 Å². The maximum Gasteiger partial charge on any atom is 0.0000764 e. The van der Waals surface area contributed by atoms with Crippen LogP contribution in [-0.2, 0) is 0 Å². The molecule has 0 aromatic rings. The lowest BCUT2D eigenvalue weighted by atomic mass is 9.77. The van der Waals surface area contributed by atoms with E-state index in [0.29, 0.717) is 0 Å². The Balaban J connectivity index is 2.31. The molecule has 0 aliphatic heterocycles. The molecule has 1 unspecified atom stereocenters. The summed E-state index contributed by atoms with van der Waals surface area (Å²) >= 11 is 0. The number of allylic oxidation sites excluding steroid dienone is 1. The van der Waals surface area contributed by atoms with E-state index < -0.39 is 0 Å². The Morgan fingerprint density at radius 1 is 1.50 bits per heavy atom. The van der Waals surface area contributed by atoms with Gasteiger partial charge in [0.15, 0.2) is 0 Å². The van der Waals surface area contributed by atoms with Gasteiger partial charge in [0, 0.05) is 5.92 Å². The van der Waals surface area contributed by atoms with Crippen molar-refractivity contribution in [3.05, 3.63) is 18.6 Å². The SMILES string of the molecule is C=C[C]1CCCCC1CCCC. The lowest BCUT2D eigenvalue weighted by Gasteiger charge is -2.28. The van der Waals surface area contributed by atoms with Crippen LogP contribution in [0, 0.1) is 11.8 Å². The van der Waals surface area contributed by atoms with E-state index in [2.05, 4.69) is 19.6 Å². The monoisotopic (exact) mass is 165 g/mol. The first-order chi connectivity index (χ1) is 5.88. The van der Waals surface area contributed by atoms with Gasteiger partial charge in [0.1, 0.15) is 0 Å². The molecular weight excluding hydrogens is 144 g/mol. The van der Waals surface area contributed by atoms with E-state index in [-0.39, 0.29) is 0 Å². The molecule has 1 fully saturated rings. The van der Waals surface area contributed by atoms with Crippen molar-refractivity contribution < 1.29 is 0 Å². The summed E-state index contributed by atoms with van der Waals surface area (Å²) in [6, 6.07) is 0. The number of unbranched alkanes of at least 4 members (excludes halogenated alkanes) is 1. The molecule has 12 heavy (non-hydrogen) atoms. The Hall–Kier alpha value is -0.260. The Kier molecular flexibility index (Phi) is 4.42. The molecule has 0 heteroatoms. The Morgan fingerprint density at radius 2 is 2.33 bits per heavy atom. The summed E-state index contributed by atoms with van der Waals surface area (Å²) < 4.78 is 0. The van der Waals surface area contributed by atoms with Gasteiger partial charge in [-0.25, -0.2) is 0 Å². The van der Waals surface area contributed by atoms with E-state index >= 15 is 0 Å². The summed E-state index contributed by atoms with van der Waals surface area (Å²) in [5.74, 6) is 2.52. The van der Waals surface area contributed by atoms with Gasteiger partial charge in [-0.2, -0.15) is 0 Å². The van der Waals surface area contributed by atoms with Gasteiger partial charge in [0.05, 0.1) is 0 Å². The van der Waals surface area contributed by atoms with Gasteiger partial charge in [-0.3, -0.25) is 0 Å². The molecule has 0 aromatic carbocycles. The maximum absolute atomic E-state index is 3.91. The summed E-state index contributed by atoms with van der Waals surface area (Å²) in [6.45, 7) is 6.18. The van der Waals surface area contributed by atoms with Crippen LogP contribution >= 0.6 is 0 Å². The Bertz CT molecular complexity index is 126. The summed E-state index contributed by atoms with van der Waals surface area (Å²) in [5, 5.41) is 0. The first-order valence-electron chi connectivity index (χ1n) is 5.36. The third-order valence-corrected chi connectivity index (χ3v) is 2.96. The first kappa shape index (κ1) is 9.83. The average molecular weight is 165 g/mol. The molecule has 0 spiro atoms. The average Bonchev–Trinajstić information content (AvgIpc) is 2.15. The van der Waals surface area contributed by atoms with Crippen molar-refractivity contribution in [3.8, 4) is 0 Å². The van der Waals surface area contributed by atoms with E-state index in [1.807, 2.05) is 0 Å². The van der Waals surface area contributed by atoms with Crippen LogP contribution in [0.3, 0.4) is 0 Å². The highest BCUT2D eigenvalue weighted by Crippen LogP contribution is 2.35. The molecule has 0 bridgehead atoms. The van der Waals surface area contributed by atoms with Crippen LogP contribution in [0.5, 0.6) is 0 Å². The highest BCUT2D eigenvalue weighted by molar-refractivity contribution is 5.11. The minimum Gasteiger partial charge on any atom is -0.102 e. The van der Waals surface area contributed by atoms with Crippen LogP contribution in [0.1, 0.15) is 51.9 Å². The van der Waals surface area contributed by atoms with E-state index in [1.165, 1.54) is 44.9 Å². The molecule has 1 atom stereocenters. The molecular formula is C12H21. The smallest absolute Gasteiger partial charge is 0.0000764 e. The quantitative estimate of drug-likeness (QED) is 0.587. The van der Waals surface area contributed by atoms with Crippen molar-refractivity contribution in [1.82, 2.24) is 0 Å². The number of hydrogen-bond acceptors (Lipinski definition) is 0. The standard InChI is InChI=1S/C12H21/c1-3-5-8-12-10-7-6-9-11(12)4-2/h4,12H,2-3,5-10H2,1H3. The lowest BCUT2D eigenvalue weighted by Crippen LogP contribution is -2.15. The summed E-state index contributed by atoms with van der Waals surface area (Å²) in [7, 11) is 0. The highest BCUT2D eigenvalue weighted by Gasteiger charge is 2.21. The molecule has 1 rings (SSSR count). The molecule has 0 aromatic heterocycles. The molecule has 1 aliphatic rings. The van der Waals surface area contributed by atoms with Crippen LogP contribution in [0.15, 0.2) is 12.7 Å². The van der Waals surface area contributed by atoms with Gasteiger partial charge < -0.3 is 0 Å². The zero-order valence-electron chi connectivity index (χ0n) is 8.31. The van der Waals surface area contributed by atoms with Crippen molar-refractivity contribution in [2.75, 3.05) is 0 Å². The van der Waals surface area contributed by atoms with Crippen molar-refractivity contribution in [2.24, 2.45) is 5.92 Å². The van der Waals surface area contributed by atoms with Crippen molar-refractivity contribution in [3.63, 3.8) is 0 Å². The third-order valence-electron chi connectivity index (χ3n) is 2.96. The van der Waals surface area contributed by atoms with Crippen molar-refractivity contribution in [1.29, 1.82) is 0 Å². The first-order valence-corrected chi connectivity index (χ1v) is 5.36. The number of rotatable bonds is 4. The van der Waals surface area contributed by atoms with Crippen LogP contribution in [0.2, 0.25) is 0 Å². The third kappa shape index (κ3) is 2.66. The molecule has 1 saturated carbocycles. The van der Waals surface area contributed by atoms with E-state index in [0.717, 1.165) is 5.92 Å². The van der Waals surface area contributed by atoms with Crippen molar-refractivity contribution in [2.45, 2.75) is 51.9 Å². The van der Waals surface area contributed by atoms with Gasteiger partial charge in [-0.05, 0) is 25.2 Å². The van der Waals surface area contributed by atoms with Crippen LogP contribution in [0.4, 0.5) is 0 Å². The topological polar surface area (TPSA) is 0 Å². The van der Waals surface area contributed by atoms with Gasteiger partial charge in [0.25, 0.3) is 0 Å². The Labute approximate surface area is 77.1 Å². The predicted octanol–water partition coefficient (Wildman–Crippen LogP) is 4.13. The van der Waals surface area contributed by atoms with E-state index in [4.69, 9.17) is 0 Å². The molecule has 1 radical (unpaired) electrons. The summed E-state index contributed by atoms with van der Waals surface area (Å²) in [6.07, 6.45) is 11.8. The summed E-state index contributed by atoms with van der Waals surface area (Å²) in [4.78, 5) is 0. The normalized spacial score (nSPS) is 25.6. The fourth-order valence-electron chi connectivity index (χ4n) is 2.16. The molecule has 1 aliphatic carbocycles. The molecule has 0 nitrogen and oxygen atoms in total. The predicted molar refractivity (Wildman–Crippen MR) is 54.9 cm³/mol. The van der Waals surface area contributed by atoms with Crippen LogP contribution < -0.4 is 0 Å². The zero-order chi connectivity index (χ0) is 8.81. The Morgan fingerprint density at radius 3 is 3.00 bits per heavy atom. The van der Waals surface area contributed by atoms with E-state index in [1.54, 1.807) is 5.92 Å². The highest BCUT2D eigenvalue weighted by atomic mass is 14.3. The lowest BCUT2D eigenvalue weighted by molar-refractivity contribution is 0.380. The molecule has 69 valence electrons. The van der Waals surface area contributed by atoms with Gasteiger partial charge in [0.2, 0.25) is 0 Å². The zero-order valence-corrected chi connectivity index (χ0v) is 8.31. The number of hydrogen-bond donors (Lipinski definition) is 0. The summed E-state index contributed by atoms with van der Waals surface area (Å²) in [5.41, 5.74) is 0. The maximum atomic E-state index is 3.91. The minimum absolute atomic E-state index is 0.885. The van der Waals surface area contributed by atoms with Gasteiger partial charge in [-0.15, -0.1) is 6.58 Å². The molecule has 0 heterocycles. The second kappa shape index (κ2) is 5.40. The van der Waals surface area contributed by atoms with Gasteiger partial charge in [-0.1, -0.05) is 38.7 Å². The van der Waals surface area contributed by atoms with Gasteiger partial charge >= 0.3 is 0 Å².